The van der Waals surface area contributed by atoms with Crippen LogP contribution in [0.1, 0.15) is 13.8 Å². The van der Waals surface area contributed by atoms with Gasteiger partial charge < -0.3 is 4.79 Å². The number of aldehydes is 1. The molecule has 0 unspecified atom stereocenters. The van der Waals surface area contributed by atoms with Crippen LogP contribution in [0.15, 0.2) is 0 Å². The molecule has 0 aromatic heterocycles. The van der Waals surface area contributed by atoms with Gasteiger partial charge in [0.25, 0.3) is 0 Å². The van der Waals surface area contributed by atoms with Gasteiger partial charge in [-0.25, -0.2) is 0 Å². The van der Waals surface area contributed by atoms with E-state index in [2.05, 4.69) is 13.8 Å². The van der Waals surface area contributed by atoms with Gasteiger partial charge in [0, 0.05) is 5.75 Å². The molecule has 0 aromatic rings. The van der Waals surface area contributed by atoms with E-state index in [0.29, 0.717) is 11.7 Å². The van der Waals surface area contributed by atoms with Crippen molar-refractivity contribution < 1.29 is 4.79 Å². The van der Waals surface area contributed by atoms with Crippen molar-refractivity contribution >= 4 is 18.0 Å². The van der Waals surface area contributed by atoms with Gasteiger partial charge in [0.05, 0.1) is 0 Å². The average molecular weight is 132 g/mol. The summed E-state index contributed by atoms with van der Waals surface area (Å²) in [4.78, 5) is 9.77. The summed E-state index contributed by atoms with van der Waals surface area (Å²) in [6.07, 6.45) is 0.951. The molecule has 0 radical (unpaired) electrons. The van der Waals surface area contributed by atoms with Crippen molar-refractivity contribution in [3.63, 3.8) is 0 Å². The highest BCUT2D eigenvalue weighted by Crippen LogP contribution is 2.04. The number of hydrogen-bond acceptors (Lipinski definition) is 2. The first-order valence-corrected chi connectivity index (χ1v) is 3.94. The Morgan fingerprint density at radius 3 is 2.62 bits per heavy atom. The minimum absolute atomic E-state index is 0.651. The molecule has 48 valence electrons. The van der Waals surface area contributed by atoms with Crippen LogP contribution >= 0.6 is 11.8 Å². The Hall–Kier alpha value is 0.0200. The summed E-state index contributed by atoms with van der Waals surface area (Å²) in [5.41, 5.74) is 0. The summed E-state index contributed by atoms with van der Waals surface area (Å²) in [5, 5.41) is 0. The standard InChI is InChI=1S/C6H12OS/c1-6(2)5-8-4-3-7/h3,6H,4-5H2,1-2H3. The third-order valence-electron chi connectivity index (χ3n) is 0.637. The minimum Gasteiger partial charge on any atom is -0.302 e. The molecule has 0 bridgehead atoms. The highest BCUT2D eigenvalue weighted by atomic mass is 32.2. The van der Waals surface area contributed by atoms with Gasteiger partial charge in [-0.15, -0.1) is 0 Å². The summed E-state index contributed by atoms with van der Waals surface area (Å²) >= 11 is 1.69. The van der Waals surface area contributed by atoms with Crippen LogP contribution < -0.4 is 0 Å². The fourth-order valence-corrected chi connectivity index (χ4v) is 1.06. The molecule has 1 nitrogen and oxygen atoms in total. The summed E-state index contributed by atoms with van der Waals surface area (Å²) in [6, 6.07) is 0. The highest BCUT2D eigenvalue weighted by molar-refractivity contribution is 7.99. The Balaban J connectivity index is 2.81. The molecule has 0 N–H and O–H groups in total. The van der Waals surface area contributed by atoms with Crippen LogP contribution in [0.5, 0.6) is 0 Å². The average Bonchev–Trinajstić information content (AvgIpc) is 1.66. The molecule has 0 amide bonds. The van der Waals surface area contributed by atoms with Crippen molar-refractivity contribution in [2.45, 2.75) is 13.8 Å². The molecule has 0 saturated carbocycles. The normalized spacial score (nSPS) is 9.88. The first-order chi connectivity index (χ1) is 3.77. The largest absolute Gasteiger partial charge is 0.302 e. The molecule has 8 heavy (non-hydrogen) atoms. The quantitative estimate of drug-likeness (QED) is 0.426. The van der Waals surface area contributed by atoms with E-state index in [1.165, 1.54) is 0 Å². The van der Waals surface area contributed by atoms with Crippen molar-refractivity contribution in [1.82, 2.24) is 0 Å². The first kappa shape index (κ1) is 8.02. The van der Waals surface area contributed by atoms with Crippen molar-refractivity contribution in [2.24, 2.45) is 5.92 Å². The molecule has 0 aliphatic rings. The molecule has 0 aliphatic heterocycles. The molecule has 2 heteroatoms. The smallest absolute Gasteiger partial charge is 0.129 e. The lowest BCUT2D eigenvalue weighted by molar-refractivity contribution is -0.105. The fraction of sp³-hybridized carbons (Fsp3) is 0.833. The minimum atomic E-state index is 0.651. The second-order valence-corrected chi connectivity index (χ2v) is 3.17. The van der Waals surface area contributed by atoms with Crippen molar-refractivity contribution in [3.8, 4) is 0 Å². The van der Waals surface area contributed by atoms with E-state index in [4.69, 9.17) is 0 Å². The lowest BCUT2D eigenvalue weighted by atomic mass is 10.3. The monoisotopic (exact) mass is 132 g/mol. The van der Waals surface area contributed by atoms with Gasteiger partial charge in [-0.3, -0.25) is 0 Å². The Morgan fingerprint density at radius 1 is 1.62 bits per heavy atom. The topological polar surface area (TPSA) is 17.1 Å². The SMILES string of the molecule is CC(C)CSCC=O. The van der Waals surface area contributed by atoms with E-state index < -0.39 is 0 Å². The Labute approximate surface area is 54.8 Å². The molecule has 0 spiro atoms. The lowest BCUT2D eigenvalue weighted by Gasteiger charge is -1.98. The lowest BCUT2D eigenvalue weighted by Crippen LogP contribution is -1.91. The molecule has 0 atom stereocenters. The van der Waals surface area contributed by atoms with Gasteiger partial charge in [-0.2, -0.15) is 11.8 Å². The van der Waals surface area contributed by atoms with Crippen LogP contribution in [0.25, 0.3) is 0 Å². The molecule has 0 saturated heterocycles. The number of hydrogen-bond donors (Lipinski definition) is 0. The maximum Gasteiger partial charge on any atom is 0.129 e. The van der Waals surface area contributed by atoms with Gasteiger partial charge >= 0.3 is 0 Å². The molecule has 0 aliphatic carbocycles. The Kier molecular flexibility index (Phi) is 5.18. The van der Waals surface area contributed by atoms with Gasteiger partial charge in [-0.1, -0.05) is 13.8 Å². The second-order valence-electron chi connectivity index (χ2n) is 2.10. The highest BCUT2D eigenvalue weighted by Gasteiger charge is 1.90. The van der Waals surface area contributed by atoms with E-state index in [1.807, 2.05) is 0 Å². The molecule has 0 aromatic carbocycles. The molecular weight excluding hydrogens is 120 g/mol. The van der Waals surface area contributed by atoms with Gasteiger partial charge in [0.2, 0.25) is 0 Å². The van der Waals surface area contributed by atoms with E-state index in [-0.39, 0.29) is 0 Å². The van der Waals surface area contributed by atoms with Crippen molar-refractivity contribution in [1.29, 1.82) is 0 Å². The number of rotatable bonds is 4. The first-order valence-electron chi connectivity index (χ1n) is 2.78. The van der Waals surface area contributed by atoms with E-state index in [9.17, 15) is 4.79 Å². The second kappa shape index (κ2) is 5.16. The van der Waals surface area contributed by atoms with Crippen LogP contribution in [0.3, 0.4) is 0 Å². The Bertz CT molecular complexity index is 61.5. The van der Waals surface area contributed by atoms with Crippen LogP contribution in [0.4, 0.5) is 0 Å². The maximum atomic E-state index is 9.77. The van der Waals surface area contributed by atoms with Gasteiger partial charge in [-0.05, 0) is 11.7 Å². The van der Waals surface area contributed by atoms with Crippen LogP contribution in [0, 0.1) is 5.92 Å². The molecular formula is C6H12OS. The van der Waals surface area contributed by atoms with E-state index in [1.54, 1.807) is 11.8 Å². The third kappa shape index (κ3) is 6.02. The van der Waals surface area contributed by atoms with Crippen LogP contribution in [0.2, 0.25) is 0 Å². The van der Waals surface area contributed by atoms with Gasteiger partial charge in [0.15, 0.2) is 0 Å². The number of carbonyl (C=O) groups excluding carboxylic acids is 1. The van der Waals surface area contributed by atoms with Gasteiger partial charge in [0.1, 0.15) is 6.29 Å². The third-order valence-corrected chi connectivity index (χ3v) is 1.91. The van der Waals surface area contributed by atoms with Crippen molar-refractivity contribution in [2.75, 3.05) is 11.5 Å². The zero-order valence-electron chi connectivity index (χ0n) is 5.39. The predicted molar refractivity (Wildman–Crippen MR) is 38.2 cm³/mol. The summed E-state index contributed by atoms with van der Waals surface area (Å²) < 4.78 is 0. The van der Waals surface area contributed by atoms with Crippen LogP contribution in [-0.2, 0) is 4.79 Å². The number of thioether (sulfide) groups is 1. The molecule has 0 fully saturated rings. The zero-order valence-corrected chi connectivity index (χ0v) is 6.20. The summed E-state index contributed by atoms with van der Waals surface area (Å²) in [5.74, 6) is 2.46. The Morgan fingerprint density at radius 2 is 2.25 bits per heavy atom. The molecule has 0 heterocycles. The van der Waals surface area contributed by atoms with E-state index >= 15 is 0 Å². The zero-order chi connectivity index (χ0) is 6.41. The maximum absolute atomic E-state index is 9.77. The summed E-state index contributed by atoms with van der Waals surface area (Å²) in [6.45, 7) is 4.30. The fourth-order valence-electron chi connectivity index (χ4n) is 0.352. The van der Waals surface area contributed by atoms with E-state index in [0.717, 1.165) is 12.0 Å². The summed E-state index contributed by atoms with van der Waals surface area (Å²) in [7, 11) is 0. The van der Waals surface area contributed by atoms with Crippen LogP contribution in [-0.4, -0.2) is 17.8 Å². The van der Waals surface area contributed by atoms with Crippen molar-refractivity contribution in [3.05, 3.63) is 0 Å². The number of carbonyl (C=O) groups is 1. The predicted octanol–water partition coefficient (Wildman–Crippen LogP) is 1.57. The molecule has 0 rings (SSSR count).